The monoisotopic (exact) mass is 402 g/mol. The van der Waals surface area contributed by atoms with Gasteiger partial charge in [-0.2, -0.15) is 0 Å². The lowest BCUT2D eigenvalue weighted by Gasteiger charge is -2.47. The predicted octanol–water partition coefficient (Wildman–Crippen LogP) is 1.55. The SMILES string of the molecule is CC[C@@H](OC(C)=O)[C@@H](OC(C)=O)C1O[C@](C)(C(=O)OC)C[C@H](OC(C)=O)[C@H]1C. The molecule has 6 atom stereocenters. The molecule has 0 amide bonds. The van der Waals surface area contributed by atoms with E-state index in [2.05, 4.69) is 0 Å². The van der Waals surface area contributed by atoms with Crippen molar-refractivity contribution in [2.45, 2.75) is 84.4 Å². The minimum absolute atomic E-state index is 0.0774. The second kappa shape index (κ2) is 9.86. The van der Waals surface area contributed by atoms with Gasteiger partial charge in [-0.05, 0) is 13.3 Å². The van der Waals surface area contributed by atoms with Crippen LogP contribution >= 0.6 is 0 Å². The molecule has 0 aromatic heterocycles. The highest BCUT2D eigenvalue weighted by molar-refractivity contribution is 5.79. The number of ether oxygens (including phenoxy) is 5. The summed E-state index contributed by atoms with van der Waals surface area (Å²) in [4.78, 5) is 47.2. The number of hydrogen-bond acceptors (Lipinski definition) is 9. The summed E-state index contributed by atoms with van der Waals surface area (Å²) in [6.07, 6.45) is -2.94. The molecule has 160 valence electrons. The van der Waals surface area contributed by atoms with Gasteiger partial charge in [-0.3, -0.25) is 14.4 Å². The molecule has 0 N–H and O–H groups in total. The van der Waals surface area contributed by atoms with Crippen LogP contribution in [0.5, 0.6) is 0 Å². The first kappa shape index (κ1) is 23.9. The van der Waals surface area contributed by atoms with E-state index in [1.54, 1.807) is 13.8 Å². The summed E-state index contributed by atoms with van der Waals surface area (Å²) in [5, 5.41) is 0. The highest BCUT2D eigenvalue weighted by atomic mass is 16.6. The fraction of sp³-hybridized carbons (Fsp3) is 0.789. The highest BCUT2D eigenvalue weighted by Crippen LogP contribution is 2.38. The Morgan fingerprint density at radius 3 is 2.07 bits per heavy atom. The fourth-order valence-electron chi connectivity index (χ4n) is 3.45. The van der Waals surface area contributed by atoms with E-state index >= 15 is 0 Å². The van der Waals surface area contributed by atoms with E-state index in [1.165, 1.54) is 34.8 Å². The van der Waals surface area contributed by atoms with Gasteiger partial charge < -0.3 is 23.7 Å². The van der Waals surface area contributed by atoms with E-state index in [4.69, 9.17) is 23.7 Å². The summed E-state index contributed by atoms with van der Waals surface area (Å²) >= 11 is 0. The predicted molar refractivity (Wildman–Crippen MR) is 96.0 cm³/mol. The van der Waals surface area contributed by atoms with Gasteiger partial charge in [-0.25, -0.2) is 4.79 Å². The average molecular weight is 402 g/mol. The van der Waals surface area contributed by atoms with Gasteiger partial charge in [0.25, 0.3) is 0 Å². The summed E-state index contributed by atoms with van der Waals surface area (Å²) in [5.41, 5.74) is -1.43. The molecule has 1 unspecified atom stereocenters. The Labute approximate surface area is 165 Å². The van der Waals surface area contributed by atoms with Gasteiger partial charge >= 0.3 is 23.9 Å². The molecule has 1 aliphatic rings. The second-order valence-electron chi connectivity index (χ2n) is 7.15. The molecule has 1 rings (SSSR count). The Balaban J connectivity index is 3.35. The average Bonchev–Trinajstić information content (AvgIpc) is 2.59. The quantitative estimate of drug-likeness (QED) is 0.462. The first-order valence-electron chi connectivity index (χ1n) is 9.23. The van der Waals surface area contributed by atoms with Crippen LogP contribution in [0.4, 0.5) is 0 Å². The van der Waals surface area contributed by atoms with Gasteiger partial charge in [0, 0.05) is 33.1 Å². The molecule has 1 heterocycles. The van der Waals surface area contributed by atoms with Crippen LogP contribution in [0.1, 0.15) is 54.4 Å². The van der Waals surface area contributed by atoms with Crippen molar-refractivity contribution in [3.05, 3.63) is 0 Å². The molecule has 0 aromatic carbocycles. The van der Waals surface area contributed by atoms with E-state index in [-0.39, 0.29) is 6.42 Å². The molecular weight excluding hydrogens is 372 g/mol. The minimum Gasteiger partial charge on any atom is -0.467 e. The zero-order valence-corrected chi connectivity index (χ0v) is 17.5. The van der Waals surface area contributed by atoms with Crippen molar-refractivity contribution in [2.24, 2.45) is 5.92 Å². The lowest BCUT2D eigenvalue weighted by molar-refractivity contribution is -0.243. The van der Waals surface area contributed by atoms with Crippen molar-refractivity contribution in [1.82, 2.24) is 0 Å². The smallest absolute Gasteiger partial charge is 0.338 e. The normalized spacial score (nSPS) is 29.2. The van der Waals surface area contributed by atoms with Gasteiger partial charge in [-0.15, -0.1) is 0 Å². The maximum Gasteiger partial charge on any atom is 0.338 e. The molecule has 28 heavy (non-hydrogen) atoms. The Kier molecular flexibility index (Phi) is 8.41. The maximum absolute atomic E-state index is 12.4. The largest absolute Gasteiger partial charge is 0.467 e. The summed E-state index contributed by atoms with van der Waals surface area (Å²) in [7, 11) is 1.22. The van der Waals surface area contributed by atoms with Gasteiger partial charge in [0.1, 0.15) is 18.3 Å². The Hall–Kier alpha value is -2.16. The van der Waals surface area contributed by atoms with Gasteiger partial charge in [0.2, 0.25) is 0 Å². The van der Waals surface area contributed by atoms with E-state index in [0.29, 0.717) is 6.42 Å². The molecular formula is C19H30O9. The van der Waals surface area contributed by atoms with Crippen molar-refractivity contribution in [3.8, 4) is 0 Å². The van der Waals surface area contributed by atoms with Gasteiger partial charge in [-0.1, -0.05) is 13.8 Å². The van der Waals surface area contributed by atoms with Crippen molar-refractivity contribution in [1.29, 1.82) is 0 Å². The number of esters is 4. The van der Waals surface area contributed by atoms with Crippen molar-refractivity contribution in [3.63, 3.8) is 0 Å². The molecule has 0 spiro atoms. The van der Waals surface area contributed by atoms with Crippen LogP contribution in [0.3, 0.4) is 0 Å². The lowest BCUT2D eigenvalue weighted by Crippen LogP contribution is -2.60. The number of hydrogen-bond donors (Lipinski definition) is 0. The minimum atomic E-state index is -1.43. The van der Waals surface area contributed by atoms with Crippen molar-refractivity contribution in [2.75, 3.05) is 7.11 Å². The molecule has 0 aromatic rings. The third kappa shape index (κ3) is 5.92. The number of rotatable bonds is 7. The second-order valence-corrected chi connectivity index (χ2v) is 7.15. The van der Waals surface area contributed by atoms with E-state index in [1.807, 2.05) is 0 Å². The van der Waals surface area contributed by atoms with Crippen LogP contribution in [-0.4, -0.2) is 61.0 Å². The topological polar surface area (TPSA) is 114 Å². The Bertz CT molecular complexity index is 602. The maximum atomic E-state index is 12.4. The third-order valence-electron chi connectivity index (χ3n) is 4.74. The zero-order chi connectivity index (χ0) is 21.6. The fourth-order valence-corrected chi connectivity index (χ4v) is 3.45. The molecule has 9 heteroatoms. The molecule has 9 nitrogen and oxygen atoms in total. The van der Waals surface area contributed by atoms with Gasteiger partial charge in [0.05, 0.1) is 7.11 Å². The number of carbonyl (C=O) groups is 4. The molecule has 1 saturated heterocycles. The highest BCUT2D eigenvalue weighted by Gasteiger charge is 2.53. The summed E-state index contributed by atoms with van der Waals surface area (Å²) in [5.74, 6) is -2.75. The molecule has 1 fully saturated rings. The molecule has 0 saturated carbocycles. The van der Waals surface area contributed by atoms with E-state index < -0.39 is 59.8 Å². The molecule has 1 aliphatic heterocycles. The third-order valence-corrected chi connectivity index (χ3v) is 4.74. The van der Waals surface area contributed by atoms with Crippen LogP contribution in [0.15, 0.2) is 0 Å². The summed E-state index contributed by atoms with van der Waals surface area (Å²) < 4.78 is 27.0. The van der Waals surface area contributed by atoms with Crippen LogP contribution in [0.25, 0.3) is 0 Å². The molecule has 0 radical (unpaired) electrons. The van der Waals surface area contributed by atoms with E-state index in [9.17, 15) is 19.2 Å². The summed E-state index contributed by atoms with van der Waals surface area (Å²) in [6.45, 7) is 8.78. The first-order valence-corrected chi connectivity index (χ1v) is 9.23. The summed E-state index contributed by atoms with van der Waals surface area (Å²) in [6, 6.07) is 0. The van der Waals surface area contributed by atoms with Crippen LogP contribution in [0, 0.1) is 5.92 Å². The van der Waals surface area contributed by atoms with Crippen LogP contribution < -0.4 is 0 Å². The standard InChI is InChI=1S/C19H30O9/c1-8-14(25-11(3)20)17(27-13(5)22)16-10(2)15(26-12(4)21)9-19(6,28-16)18(23)24-7/h10,14-17H,8-9H2,1-7H3/t10-,14-,15+,16?,17-,19+/m1/s1. The van der Waals surface area contributed by atoms with Crippen molar-refractivity contribution >= 4 is 23.9 Å². The molecule has 0 bridgehead atoms. The van der Waals surface area contributed by atoms with E-state index in [0.717, 1.165) is 0 Å². The number of methoxy groups -OCH3 is 1. The Morgan fingerprint density at radius 1 is 1.07 bits per heavy atom. The van der Waals surface area contributed by atoms with Gasteiger partial charge in [0.15, 0.2) is 11.7 Å². The number of carbonyl (C=O) groups excluding carboxylic acids is 4. The van der Waals surface area contributed by atoms with Crippen LogP contribution in [0.2, 0.25) is 0 Å². The zero-order valence-electron chi connectivity index (χ0n) is 17.5. The Morgan fingerprint density at radius 2 is 1.64 bits per heavy atom. The van der Waals surface area contributed by atoms with Crippen LogP contribution in [-0.2, 0) is 42.9 Å². The van der Waals surface area contributed by atoms with Crippen molar-refractivity contribution < 1.29 is 42.9 Å². The lowest BCUT2D eigenvalue weighted by atomic mass is 9.80. The molecule has 0 aliphatic carbocycles. The first-order chi connectivity index (χ1) is 12.9.